The number of carbonyl (C=O) groups excluding carboxylic acids is 1. The standard InChI is InChI=1S/C20H27N5O2/c1-14-10-15(2)12-16(11-14)21-20(26)25-9-5-6-17(13-25)27-19-8-7-18(22-23-19)24(3)4/h7-8,10-12,17H,5-6,9,13H2,1-4H3,(H,21,26). The average Bonchev–Trinajstić information content (AvgIpc) is 2.61. The van der Waals surface area contributed by atoms with Crippen molar-refractivity contribution in [3.05, 3.63) is 41.5 Å². The SMILES string of the molecule is Cc1cc(C)cc(NC(=O)N2CCCC(Oc3ccc(N(C)C)nn3)C2)c1. The summed E-state index contributed by atoms with van der Waals surface area (Å²) in [5.74, 6) is 1.27. The molecule has 3 rings (SSSR count). The van der Waals surface area contributed by atoms with Crippen molar-refractivity contribution in [3.8, 4) is 5.88 Å². The van der Waals surface area contributed by atoms with E-state index in [0.29, 0.717) is 12.4 Å². The highest BCUT2D eigenvalue weighted by atomic mass is 16.5. The monoisotopic (exact) mass is 369 g/mol. The van der Waals surface area contributed by atoms with Crippen LogP contribution in [0, 0.1) is 13.8 Å². The number of nitrogens with zero attached hydrogens (tertiary/aromatic N) is 4. The van der Waals surface area contributed by atoms with Crippen molar-refractivity contribution in [2.24, 2.45) is 0 Å². The van der Waals surface area contributed by atoms with E-state index in [4.69, 9.17) is 4.74 Å². The number of likely N-dealkylation sites (tertiary alicyclic amines) is 1. The highest BCUT2D eigenvalue weighted by Crippen LogP contribution is 2.19. The lowest BCUT2D eigenvalue weighted by Crippen LogP contribution is -2.46. The molecule has 0 radical (unpaired) electrons. The van der Waals surface area contributed by atoms with Crippen molar-refractivity contribution >= 4 is 17.5 Å². The second kappa shape index (κ2) is 8.24. The van der Waals surface area contributed by atoms with Gasteiger partial charge >= 0.3 is 6.03 Å². The predicted octanol–water partition coefficient (Wildman–Crippen LogP) is 3.23. The fourth-order valence-electron chi connectivity index (χ4n) is 3.25. The van der Waals surface area contributed by atoms with Gasteiger partial charge in [0.25, 0.3) is 0 Å². The molecular weight excluding hydrogens is 342 g/mol. The maximum Gasteiger partial charge on any atom is 0.321 e. The van der Waals surface area contributed by atoms with Crippen LogP contribution in [0.25, 0.3) is 0 Å². The maximum atomic E-state index is 12.6. The van der Waals surface area contributed by atoms with Gasteiger partial charge in [-0.1, -0.05) is 6.07 Å². The number of rotatable bonds is 4. The number of hydrogen-bond acceptors (Lipinski definition) is 5. The van der Waals surface area contributed by atoms with Gasteiger partial charge in [0.15, 0.2) is 5.82 Å². The third kappa shape index (κ3) is 5.09. The number of carbonyl (C=O) groups is 1. The number of anilines is 2. The summed E-state index contributed by atoms with van der Waals surface area (Å²) in [5, 5.41) is 11.2. The highest BCUT2D eigenvalue weighted by Gasteiger charge is 2.25. The molecule has 2 heterocycles. The summed E-state index contributed by atoms with van der Waals surface area (Å²) in [7, 11) is 3.83. The molecule has 1 unspecified atom stereocenters. The Morgan fingerprint density at radius 3 is 2.56 bits per heavy atom. The predicted molar refractivity (Wildman–Crippen MR) is 107 cm³/mol. The maximum absolute atomic E-state index is 12.6. The van der Waals surface area contributed by atoms with E-state index in [1.54, 1.807) is 4.90 Å². The molecule has 0 spiro atoms. The van der Waals surface area contributed by atoms with E-state index in [2.05, 4.69) is 21.6 Å². The lowest BCUT2D eigenvalue weighted by molar-refractivity contribution is 0.102. The fourth-order valence-corrected chi connectivity index (χ4v) is 3.25. The van der Waals surface area contributed by atoms with Crippen LogP contribution in [0.2, 0.25) is 0 Å². The molecule has 0 aliphatic carbocycles. The molecule has 1 atom stereocenters. The Morgan fingerprint density at radius 1 is 1.19 bits per heavy atom. The topological polar surface area (TPSA) is 70.6 Å². The molecule has 2 aromatic rings. The normalized spacial score (nSPS) is 16.7. The molecule has 1 aromatic heterocycles. The van der Waals surface area contributed by atoms with Crippen LogP contribution < -0.4 is 15.0 Å². The van der Waals surface area contributed by atoms with Crippen LogP contribution in [0.1, 0.15) is 24.0 Å². The van der Waals surface area contributed by atoms with Gasteiger partial charge in [0.2, 0.25) is 5.88 Å². The van der Waals surface area contributed by atoms with Gasteiger partial charge in [0.05, 0.1) is 6.54 Å². The number of urea groups is 1. The molecule has 0 bridgehead atoms. The summed E-state index contributed by atoms with van der Waals surface area (Å²) < 4.78 is 5.95. The van der Waals surface area contributed by atoms with E-state index in [-0.39, 0.29) is 12.1 Å². The van der Waals surface area contributed by atoms with Gasteiger partial charge < -0.3 is 19.9 Å². The van der Waals surface area contributed by atoms with Crippen molar-refractivity contribution in [3.63, 3.8) is 0 Å². The Labute approximate surface area is 160 Å². The zero-order valence-corrected chi connectivity index (χ0v) is 16.4. The van der Waals surface area contributed by atoms with Gasteiger partial charge in [-0.05, 0) is 56.0 Å². The molecule has 1 N–H and O–H groups in total. The van der Waals surface area contributed by atoms with Gasteiger partial charge in [-0.15, -0.1) is 10.2 Å². The first-order chi connectivity index (χ1) is 12.9. The first kappa shape index (κ1) is 18.9. The summed E-state index contributed by atoms with van der Waals surface area (Å²) in [6.45, 7) is 5.31. The number of nitrogens with one attached hydrogen (secondary N) is 1. The summed E-state index contributed by atoms with van der Waals surface area (Å²) >= 11 is 0. The summed E-state index contributed by atoms with van der Waals surface area (Å²) in [5.41, 5.74) is 3.08. The third-order valence-corrected chi connectivity index (χ3v) is 4.51. The number of hydrogen-bond donors (Lipinski definition) is 1. The van der Waals surface area contributed by atoms with Gasteiger partial charge in [0.1, 0.15) is 6.10 Å². The molecule has 1 aliphatic rings. The molecule has 1 saturated heterocycles. The van der Waals surface area contributed by atoms with E-state index in [1.165, 1.54) is 0 Å². The second-order valence-corrected chi connectivity index (χ2v) is 7.26. The Balaban J connectivity index is 1.59. The number of aryl methyl sites for hydroxylation is 2. The van der Waals surface area contributed by atoms with E-state index in [0.717, 1.165) is 42.0 Å². The first-order valence-electron chi connectivity index (χ1n) is 9.22. The highest BCUT2D eigenvalue weighted by molar-refractivity contribution is 5.89. The third-order valence-electron chi connectivity index (χ3n) is 4.51. The van der Waals surface area contributed by atoms with E-state index in [1.807, 2.05) is 57.1 Å². The van der Waals surface area contributed by atoms with E-state index >= 15 is 0 Å². The molecule has 1 aromatic carbocycles. The molecule has 1 aliphatic heterocycles. The second-order valence-electron chi connectivity index (χ2n) is 7.26. The van der Waals surface area contributed by atoms with Crippen LogP contribution in [0.5, 0.6) is 5.88 Å². The van der Waals surface area contributed by atoms with Crippen LogP contribution in [-0.4, -0.2) is 54.4 Å². The van der Waals surface area contributed by atoms with Crippen molar-refractivity contribution in [1.82, 2.24) is 15.1 Å². The van der Waals surface area contributed by atoms with E-state index < -0.39 is 0 Å². The van der Waals surface area contributed by atoms with Crippen LogP contribution in [-0.2, 0) is 0 Å². The van der Waals surface area contributed by atoms with Gasteiger partial charge in [-0.3, -0.25) is 0 Å². The summed E-state index contributed by atoms with van der Waals surface area (Å²) in [4.78, 5) is 16.3. The van der Waals surface area contributed by atoms with Gasteiger partial charge in [-0.25, -0.2) is 4.79 Å². The molecular formula is C20H27N5O2. The van der Waals surface area contributed by atoms with E-state index in [9.17, 15) is 4.79 Å². The van der Waals surface area contributed by atoms with Crippen molar-refractivity contribution in [1.29, 1.82) is 0 Å². The lowest BCUT2D eigenvalue weighted by atomic mass is 10.1. The van der Waals surface area contributed by atoms with Crippen LogP contribution >= 0.6 is 0 Å². The molecule has 144 valence electrons. The number of aromatic nitrogens is 2. The summed E-state index contributed by atoms with van der Waals surface area (Å²) in [6, 6.07) is 9.63. The summed E-state index contributed by atoms with van der Waals surface area (Å²) in [6.07, 6.45) is 1.71. The minimum absolute atomic E-state index is 0.0803. The molecule has 0 saturated carbocycles. The zero-order chi connectivity index (χ0) is 19.4. The zero-order valence-electron chi connectivity index (χ0n) is 16.4. The van der Waals surface area contributed by atoms with Crippen molar-refractivity contribution in [2.75, 3.05) is 37.4 Å². The Morgan fingerprint density at radius 2 is 1.93 bits per heavy atom. The van der Waals surface area contributed by atoms with Gasteiger partial charge in [0, 0.05) is 32.4 Å². The molecule has 7 heteroatoms. The largest absolute Gasteiger partial charge is 0.471 e. The van der Waals surface area contributed by atoms with Crippen LogP contribution in [0.15, 0.2) is 30.3 Å². The minimum atomic E-state index is -0.0951. The number of piperidine rings is 1. The van der Waals surface area contributed by atoms with Gasteiger partial charge in [-0.2, -0.15) is 0 Å². The first-order valence-corrected chi connectivity index (χ1v) is 9.22. The molecule has 1 fully saturated rings. The van der Waals surface area contributed by atoms with Crippen LogP contribution in [0.4, 0.5) is 16.3 Å². The molecule has 27 heavy (non-hydrogen) atoms. The quantitative estimate of drug-likeness (QED) is 0.896. The lowest BCUT2D eigenvalue weighted by Gasteiger charge is -2.32. The Hall–Kier alpha value is -2.83. The number of benzene rings is 1. The number of ether oxygens (including phenoxy) is 1. The Bertz CT molecular complexity index is 771. The average molecular weight is 369 g/mol. The van der Waals surface area contributed by atoms with Crippen LogP contribution in [0.3, 0.4) is 0 Å². The Kier molecular flexibility index (Phi) is 5.78. The number of amides is 2. The smallest absolute Gasteiger partial charge is 0.321 e. The van der Waals surface area contributed by atoms with Crippen molar-refractivity contribution < 1.29 is 9.53 Å². The molecule has 7 nitrogen and oxygen atoms in total. The minimum Gasteiger partial charge on any atom is -0.471 e. The molecule has 2 amide bonds. The fraction of sp³-hybridized carbons (Fsp3) is 0.450. The van der Waals surface area contributed by atoms with Crippen molar-refractivity contribution in [2.45, 2.75) is 32.8 Å².